The molecular formula is C28H35N5O5S. The van der Waals surface area contributed by atoms with E-state index in [-0.39, 0.29) is 36.7 Å². The summed E-state index contributed by atoms with van der Waals surface area (Å²) in [6.07, 6.45) is 2.09. The number of benzene rings is 1. The molecule has 4 atom stereocenters. The highest BCUT2D eigenvalue weighted by atomic mass is 32.1. The SMILES string of the molecule is CN1CCN(c2nc(-c3ccc(C(=O)N[C@H](C(=O)N4C[C@@H](O)[C@@H]5OCC(=O)[C@H]54)C4CCCC4)cc3)cs2)CC1. The summed E-state index contributed by atoms with van der Waals surface area (Å²) >= 11 is 1.63. The highest BCUT2D eigenvalue weighted by molar-refractivity contribution is 7.14. The predicted molar refractivity (Wildman–Crippen MR) is 147 cm³/mol. The third kappa shape index (κ3) is 5.20. The fourth-order valence-corrected chi connectivity index (χ4v) is 7.15. The van der Waals surface area contributed by atoms with Gasteiger partial charge in [-0.1, -0.05) is 25.0 Å². The minimum Gasteiger partial charge on any atom is -0.388 e. The Labute approximate surface area is 231 Å². The Morgan fingerprint density at radius 3 is 2.56 bits per heavy atom. The number of nitrogens with one attached hydrogen (secondary N) is 1. The molecule has 0 bridgehead atoms. The number of likely N-dealkylation sites (tertiary alicyclic amines) is 1. The third-order valence-electron chi connectivity index (χ3n) is 8.57. The van der Waals surface area contributed by atoms with Crippen molar-refractivity contribution in [1.29, 1.82) is 0 Å². The van der Waals surface area contributed by atoms with Crippen molar-refractivity contribution in [3.05, 3.63) is 35.2 Å². The van der Waals surface area contributed by atoms with Crippen LogP contribution in [-0.2, 0) is 14.3 Å². The van der Waals surface area contributed by atoms with E-state index in [1.165, 1.54) is 4.90 Å². The van der Waals surface area contributed by atoms with Crippen LogP contribution >= 0.6 is 11.3 Å². The standard InChI is InChI=1S/C28H35N5O5S/c1-31-10-12-32(13-11-31)28-29-20(16-39-28)17-6-8-19(9-7-17)26(36)30-23(18-4-2-3-5-18)27(37)33-14-21(34)25-24(33)22(35)15-38-25/h6-9,16,18,21,23-25,34H,2-5,10-15H2,1H3,(H,30,36)/t21-,23+,24-,25+/m1/s1. The van der Waals surface area contributed by atoms with E-state index in [4.69, 9.17) is 9.72 Å². The number of rotatable bonds is 6. The summed E-state index contributed by atoms with van der Waals surface area (Å²) in [4.78, 5) is 50.3. The van der Waals surface area contributed by atoms with E-state index in [1.807, 2.05) is 17.5 Å². The first-order chi connectivity index (χ1) is 18.9. The number of fused-ring (bicyclic) bond motifs is 1. The number of thiazole rings is 1. The fraction of sp³-hybridized carbons (Fsp3) is 0.571. The van der Waals surface area contributed by atoms with Gasteiger partial charge in [0, 0.05) is 42.7 Å². The molecule has 2 amide bonds. The Hall–Kier alpha value is -2.86. The Bertz CT molecular complexity index is 1220. The third-order valence-corrected chi connectivity index (χ3v) is 9.47. The van der Waals surface area contributed by atoms with Crippen molar-refractivity contribution in [2.24, 2.45) is 5.92 Å². The molecule has 208 valence electrons. The number of hydrogen-bond acceptors (Lipinski definition) is 9. The molecule has 39 heavy (non-hydrogen) atoms. The van der Waals surface area contributed by atoms with Crippen molar-refractivity contribution < 1.29 is 24.2 Å². The van der Waals surface area contributed by atoms with Gasteiger partial charge in [-0.05, 0) is 37.9 Å². The van der Waals surface area contributed by atoms with E-state index in [9.17, 15) is 19.5 Å². The quantitative estimate of drug-likeness (QED) is 0.552. The lowest BCUT2D eigenvalue weighted by Gasteiger charge is -2.32. The van der Waals surface area contributed by atoms with Crippen LogP contribution in [0.5, 0.6) is 0 Å². The summed E-state index contributed by atoms with van der Waals surface area (Å²) in [6, 6.07) is 5.78. The summed E-state index contributed by atoms with van der Waals surface area (Å²) < 4.78 is 5.44. The monoisotopic (exact) mass is 553 g/mol. The lowest BCUT2D eigenvalue weighted by Crippen LogP contribution is -2.54. The number of amides is 2. The number of likely N-dealkylation sites (N-methyl/N-ethyl adjacent to an activating group) is 1. The number of aliphatic hydroxyl groups is 1. The molecule has 2 N–H and O–H groups in total. The summed E-state index contributed by atoms with van der Waals surface area (Å²) in [7, 11) is 2.13. The zero-order valence-electron chi connectivity index (χ0n) is 22.1. The molecule has 6 rings (SSSR count). The number of ether oxygens (including phenoxy) is 1. The molecule has 0 radical (unpaired) electrons. The minimum absolute atomic E-state index is 0.00246. The van der Waals surface area contributed by atoms with E-state index in [1.54, 1.807) is 23.5 Å². The fourth-order valence-electron chi connectivity index (χ4n) is 6.26. The molecule has 4 heterocycles. The van der Waals surface area contributed by atoms with Crippen LogP contribution in [0.25, 0.3) is 11.3 Å². The van der Waals surface area contributed by atoms with Gasteiger partial charge in [0.2, 0.25) is 5.91 Å². The van der Waals surface area contributed by atoms with Gasteiger partial charge < -0.3 is 29.9 Å². The van der Waals surface area contributed by atoms with Gasteiger partial charge in [0.05, 0.1) is 12.2 Å². The summed E-state index contributed by atoms with van der Waals surface area (Å²) in [5.41, 5.74) is 2.28. The molecular weight excluding hydrogens is 518 g/mol. The van der Waals surface area contributed by atoms with Gasteiger partial charge in [-0.2, -0.15) is 0 Å². The van der Waals surface area contributed by atoms with E-state index in [2.05, 4.69) is 22.2 Å². The zero-order valence-corrected chi connectivity index (χ0v) is 22.9. The maximum Gasteiger partial charge on any atom is 0.251 e. The van der Waals surface area contributed by atoms with Gasteiger partial charge in [0.25, 0.3) is 5.91 Å². The molecule has 11 heteroatoms. The van der Waals surface area contributed by atoms with Gasteiger partial charge in [0.1, 0.15) is 30.9 Å². The second-order valence-electron chi connectivity index (χ2n) is 11.1. The molecule has 3 aliphatic heterocycles. The maximum absolute atomic E-state index is 13.7. The number of aromatic nitrogens is 1. The maximum atomic E-state index is 13.7. The van der Waals surface area contributed by atoms with Gasteiger partial charge in [0.15, 0.2) is 10.9 Å². The van der Waals surface area contributed by atoms with Crippen molar-refractivity contribution in [2.75, 3.05) is 51.3 Å². The summed E-state index contributed by atoms with van der Waals surface area (Å²) in [5.74, 6) is -0.836. The number of nitrogens with zero attached hydrogens (tertiary/aromatic N) is 4. The first-order valence-corrected chi connectivity index (χ1v) is 14.7. The van der Waals surface area contributed by atoms with Crippen LogP contribution in [-0.4, -0.2) is 108 Å². The second kappa shape index (κ2) is 11.0. The van der Waals surface area contributed by atoms with E-state index in [0.29, 0.717) is 5.56 Å². The first kappa shape index (κ1) is 26.4. The van der Waals surface area contributed by atoms with Crippen molar-refractivity contribution >= 4 is 34.1 Å². The number of carbonyl (C=O) groups is 3. The average Bonchev–Trinajstić information content (AvgIpc) is 3.75. The lowest BCUT2D eigenvalue weighted by molar-refractivity contribution is -0.139. The molecule has 10 nitrogen and oxygen atoms in total. The normalized spacial score (nSPS) is 26.7. The van der Waals surface area contributed by atoms with Gasteiger partial charge in [-0.25, -0.2) is 4.98 Å². The lowest BCUT2D eigenvalue weighted by atomic mass is 9.95. The van der Waals surface area contributed by atoms with Crippen LogP contribution in [0.1, 0.15) is 36.0 Å². The highest BCUT2D eigenvalue weighted by Crippen LogP contribution is 2.33. The topological polar surface area (TPSA) is 115 Å². The number of β-amino-alcohol motifs (C(OH)–C–C–N with tert-alkyl or cyclic N) is 1. The molecule has 1 aliphatic carbocycles. The number of Topliss-reactive ketones (excluding diaryl/α,β-unsaturated/α-hetero) is 1. The smallest absolute Gasteiger partial charge is 0.251 e. The summed E-state index contributed by atoms with van der Waals surface area (Å²) in [6.45, 7) is 3.90. The Kier molecular flexibility index (Phi) is 7.41. The molecule has 1 saturated carbocycles. The molecule has 4 aliphatic rings. The molecule has 4 fully saturated rings. The number of anilines is 1. The molecule has 1 aromatic carbocycles. The van der Waals surface area contributed by atoms with Crippen molar-refractivity contribution in [1.82, 2.24) is 20.1 Å². The minimum atomic E-state index is -0.902. The second-order valence-corrected chi connectivity index (χ2v) is 12.0. The van der Waals surface area contributed by atoms with Gasteiger partial charge in [-0.15, -0.1) is 11.3 Å². The number of carbonyl (C=O) groups excluding carboxylic acids is 3. The van der Waals surface area contributed by atoms with Crippen LogP contribution in [0.2, 0.25) is 0 Å². The zero-order chi connectivity index (χ0) is 27.1. The van der Waals surface area contributed by atoms with Crippen LogP contribution in [0, 0.1) is 5.92 Å². The molecule has 3 saturated heterocycles. The predicted octanol–water partition coefficient (Wildman–Crippen LogP) is 1.39. The first-order valence-electron chi connectivity index (χ1n) is 13.8. The van der Waals surface area contributed by atoms with Gasteiger partial charge >= 0.3 is 0 Å². The van der Waals surface area contributed by atoms with Crippen molar-refractivity contribution in [3.63, 3.8) is 0 Å². The Morgan fingerprint density at radius 1 is 1.13 bits per heavy atom. The van der Waals surface area contributed by atoms with Crippen molar-refractivity contribution in [3.8, 4) is 11.3 Å². The number of piperazine rings is 1. The molecule has 1 aromatic heterocycles. The van der Waals surface area contributed by atoms with Gasteiger partial charge in [-0.3, -0.25) is 14.4 Å². The van der Waals surface area contributed by atoms with Crippen LogP contribution in [0.4, 0.5) is 5.13 Å². The molecule has 2 aromatic rings. The average molecular weight is 554 g/mol. The molecule has 0 spiro atoms. The van der Waals surface area contributed by atoms with E-state index < -0.39 is 24.3 Å². The number of hydrogen-bond donors (Lipinski definition) is 2. The van der Waals surface area contributed by atoms with Crippen LogP contribution < -0.4 is 10.2 Å². The largest absolute Gasteiger partial charge is 0.388 e. The Balaban J connectivity index is 1.15. The highest BCUT2D eigenvalue weighted by Gasteiger charge is 2.53. The Morgan fingerprint density at radius 2 is 1.85 bits per heavy atom. The number of aliphatic hydroxyl groups excluding tert-OH is 1. The van der Waals surface area contributed by atoms with Crippen LogP contribution in [0.15, 0.2) is 29.6 Å². The van der Waals surface area contributed by atoms with E-state index in [0.717, 1.165) is 68.3 Å². The van der Waals surface area contributed by atoms with Crippen LogP contribution in [0.3, 0.4) is 0 Å². The molecule has 0 unspecified atom stereocenters. The van der Waals surface area contributed by atoms with Crippen molar-refractivity contribution in [2.45, 2.75) is 50.0 Å². The summed E-state index contributed by atoms with van der Waals surface area (Å²) in [5, 5.41) is 16.4. The van der Waals surface area contributed by atoms with E-state index >= 15 is 0 Å². The number of ketones is 1.